The van der Waals surface area contributed by atoms with E-state index in [9.17, 15) is 4.79 Å². The number of aryl methyl sites for hydroxylation is 1. The monoisotopic (exact) mass is 275 g/mol. The van der Waals surface area contributed by atoms with Crippen molar-refractivity contribution in [3.05, 3.63) is 65.0 Å². The highest BCUT2D eigenvalue weighted by atomic mass is 16.1. The molecule has 0 aliphatic rings. The zero-order valence-corrected chi connectivity index (χ0v) is 11.5. The van der Waals surface area contributed by atoms with Crippen LogP contribution in [0.4, 0.5) is 0 Å². The van der Waals surface area contributed by atoms with Gasteiger partial charge in [0.1, 0.15) is 5.52 Å². The Labute approximate surface area is 120 Å². The van der Waals surface area contributed by atoms with Gasteiger partial charge in [0, 0.05) is 18.0 Å². The van der Waals surface area contributed by atoms with E-state index < -0.39 is 0 Å². The highest BCUT2D eigenvalue weighted by Gasteiger charge is 2.16. The third-order valence-electron chi connectivity index (χ3n) is 3.75. The number of nitrogens with one attached hydrogen (secondary N) is 1. The van der Waals surface area contributed by atoms with Crippen LogP contribution in [0.25, 0.3) is 33.1 Å². The number of aromatic nitrogens is 3. The quantitative estimate of drug-likeness (QED) is 0.580. The maximum Gasteiger partial charge on any atom is 0.260 e. The molecule has 2 heterocycles. The normalized spacial score (nSPS) is 11.3. The Morgan fingerprint density at radius 3 is 2.52 bits per heavy atom. The second-order valence-electron chi connectivity index (χ2n) is 5.06. The Morgan fingerprint density at radius 2 is 1.71 bits per heavy atom. The van der Waals surface area contributed by atoms with E-state index in [-0.39, 0.29) is 5.56 Å². The minimum absolute atomic E-state index is 0.101. The van der Waals surface area contributed by atoms with Crippen molar-refractivity contribution in [2.75, 3.05) is 0 Å². The molecule has 0 bridgehead atoms. The van der Waals surface area contributed by atoms with E-state index in [1.165, 1.54) is 0 Å². The molecular weight excluding hydrogens is 262 g/mol. The molecule has 102 valence electrons. The lowest BCUT2D eigenvalue weighted by Gasteiger charge is -2.02. The van der Waals surface area contributed by atoms with E-state index in [4.69, 9.17) is 0 Å². The van der Waals surface area contributed by atoms with Gasteiger partial charge in [-0.25, -0.2) is 0 Å². The fraction of sp³-hybridized carbons (Fsp3) is 0.0588. The predicted molar refractivity (Wildman–Crippen MR) is 84.3 cm³/mol. The third kappa shape index (κ3) is 1.69. The lowest BCUT2D eigenvalue weighted by molar-refractivity contribution is 0.789. The Kier molecular flexibility index (Phi) is 2.44. The molecule has 0 aliphatic heterocycles. The molecule has 0 amide bonds. The summed E-state index contributed by atoms with van der Waals surface area (Å²) < 4.78 is 1.78. The van der Waals surface area contributed by atoms with E-state index >= 15 is 0 Å². The van der Waals surface area contributed by atoms with Crippen molar-refractivity contribution < 1.29 is 0 Å². The molecule has 0 radical (unpaired) electrons. The van der Waals surface area contributed by atoms with Crippen LogP contribution in [0.5, 0.6) is 0 Å². The zero-order valence-electron chi connectivity index (χ0n) is 11.5. The summed E-state index contributed by atoms with van der Waals surface area (Å²) in [5.41, 5.74) is 3.29. The zero-order chi connectivity index (χ0) is 14.4. The van der Waals surface area contributed by atoms with E-state index in [1.807, 2.05) is 61.6 Å². The molecule has 0 spiro atoms. The number of hydrogen-bond donors (Lipinski definition) is 1. The fourth-order valence-corrected chi connectivity index (χ4v) is 2.84. The Hall–Kier alpha value is -2.88. The first-order valence-corrected chi connectivity index (χ1v) is 6.79. The number of para-hydroxylation sites is 1. The van der Waals surface area contributed by atoms with Crippen molar-refractivity contribution in [3.8, 4) is 11.3 Å². The SMILES string of the molecule is Cn1nc2c(c1-c1ccccc1)c(=O)[nH]c1ccccc12. The van der Waals surface area contributed by atoms with Gasteiger partial charge in [-0.3, -0.25) is 9.48 Å². The molecule has 0 saturated carbocycles. The van der Waals surface area contributed by atoms with Gasteiger partial charge in [-0.05, 0) is 6.07 Å². The molecule has 4 rings (SSSR count). The summed E-state index contributed by atoms with van der Waals surface area (Å²) in [6, 6.07) is 17.6. The smallest absolute Gasteiger partial charge is 0.260 e. The molecule has 0 unspecified atom stereocenters. The molecule has 0 aliphatic carbocycles. The van der Waals surface area contributed by atoms with Gasteiger partial charge in [0.15, 0.2) is 0 Å². The van der Waals surface area contributed by atoms with E-state index in [2.05, 4.69) is 10.1 Å². The van der Waals surface area contributed by atoms with E-state index in [0.717, 1.165) is 27.7 Å². The molecule has 4 nitrogen and oxygen atoms in total. The van der Waals surface area contributed by atoms with Crippen LogP contribution in [0.2, 0.25) is 0 Å². The van der Waals surface area contributed by atoms with Gasteiger partial charge in [-0.1, -0.05) is 48.5 Å². The lowest BCUT2D eigenvalue weighted by Crippen LogP contribution is -2.06. The largest absolute Gasteiger partial charge is 0.321 e. The van der Waals surface area contributed by atoms with Crippen molar-refractivity contribution >= 4 is 21.8 Å². The van der Waals surface area contributed by atoms with Gasteiger partial charge in [-0.15, -0.1) is 0 Å². The van der Waals surface area contributed by atoms with Gasteiger partial charge >= 0.3 is 0 Å². The van der Waals surface area contributed by atoms with Crippen LogP contribution in [-0.4, -0.2) is 14.8 Å². The second-order valence-corrected chi connectivity index (χ2v) is 5.06. The summed E-state index contributed by atoms with van der Waals surface area (Å²) in [5, 5.41) is 6.18. The molecule has 2 aromatic heterocycles. The molecule has 4 heteroatoms. The number of pyridine rings is 1. The molecule has 0 fully saturated rings. The highest BCUT2D eigenvalue weighted by Crippen LogP contribution is 2.28. The van der Waals surface area contributed by atoms with Crippen molar-refractivity contribution in [1.82, 2.24) is 14.8 Å². The standard InChI is InChI=1S/C17H13N3O/c1-20-16(11-7-3-2-4-8-11)14-15(19-20)12-9-5-6-10-13(12)18-17(14)21/h2-10H,1H3,(H,18,21). The number of aromatic amines is 1. The number of nitrogens with zero attached hydrogens (tertiary/aromatic N) is 2. The van der Waals surface area contributed by atoms with Gasteiger partial charge in [0.25, 0.3) is 5.56 Å². The fourth-order valence-electron chi connectivity index (χ4n) is 2.84. The average Bonchev–Trinajstić information content (AvgIpc) is 2.86. The molecular formula is C17H13N3O. The van der Waals surface area contributed by atoms with E-state index in [1.54, 1.807) is 4.68 Å². The molecule has 0 saturated heterocycles. The van der Waals surface area contributed by atoms with Gasteiger partial charge in [0.2, 0.25) is 0 Å². The Balaban J connectivity index is 2.22. The van der Waals surface area contributed by atoms with Crippen LogP contribution in [0.3, 0.4) is 0 Å². The number of H-pyrrole nitrogens is 1. The predicted octanol–water partition coefficient (Wildman–Crippen LogP) is 3.08. The van der Waals surface area contributed by atoms with Gasteiger partial charge in [-0.2, -0.15) is 5.10 Å². The number of fused-ring (bicyclic) bond motifs is 3. The lowest BCUT2D eigenvalue weighted by atomic mass is 10.1. The number of hydrogen-bond acceptors (Lipinski definition) is 2. The van der Waals surface area contributed by atoms with Crippen LogP contribution in [0, 0.1) is 0 Å². The Morgan fingerprint density at radius 1 is 1.00 bits per heavy atom. The highest BCUT2D eigenvalue weighted by molar-refractivity contribution is 6.07. The summed E-state index contributed by atoms with van der Waals surface area (Å²) in [5.74, 6) is 0. The summed E-state index contributed by atoms with van der Waals surface area (Å²) in [6.45, 7) is 0. The van der Waals surface area contributed by atoms with Crippen LogP contribution in [0.1, 0.15) is 0 Å². The van der Waals surface area contributed by atoms with Crippen LogP contribution in [-0.2, 0) is 7.05 Å². The van der Waals surface area contributed by atoms with Crippen molar-refractivity contribution in [1.29, 1.82) is 0 Å². The summed E-state index contributed by atoms with van der Waals surface area (Å²) >= 11 is 0. The second kappa shape index (κ2) is 4.31. The summed E-state index contributed by atoms with van der Waals surface area (Å²) in [7, 11) is 1.87. The van der Waals surface area contributed by atoms with Crippen molar-refractivity contribution in [3.63, 3.8) is 0 Å². The Bertz CT molecular complexity index is 1010. The first kappa shape index (κ1) is 11.9. The van der Waals surface area contributed by atoms with Crippen LogP contribution >= 0.6 is 0 Å². The topological polar surface area (TPSA) is 50.7 Å². The minimum atomic E-state index is -0.101. The summed E-state index contributed by atoms with van der Waals surface area (Å²) in [6.07, 6.45) is 0. The van der Waals surface area contributed by atoms with Gasteiger partial charge in [0.05, 0.1) is 16.6 Å². The first-order valence-electron chi connectivity index (χ1n) is 6.79. The maximum absolute atomic E-state index is 12.5. The minimum Gasteiger partial charge on any atom is -0.321 e. The average molecular weight is 275 g/mol. The number of benzene rings is 2. The van der Waals surface area contributed by atoms with E-state index in [0.29, 0.717) is 5.39 Å². The summed E-state index contributed by atoms with van der Waals surface area (Å²) in [4.78, 5) is 15.4. The molecule has 1 N–H and O–H groups in total. The number of rotatable bonds is 1. The van der Waals surface area contributed by atoms with Crippen LogP contribution in [0.15, 0.2) is 59.4 Å². The first-order chi connectivity index (χ1) is 10.3. The maximum atomic E-state index is 12.5. The molecule has 0 atom stereocenters. The molecule has 4 aromatic rings. The van der Waals surface area contributed by atoms with Crippen LogP contribution < -0.4 is 5.56 Å². The van der Waals surface area contributed by atoms with Crippen molar-refractivity contribution in [2.45, 2.75) is 0 Å². The van der Waals surface area contributed by atoms with Crippen molar-refractivity contribution in [2.24, 2.45) is 7.05 Å². The van der Waals surface area contributed by atoms with Gasteiger partial charge < -0.3 is 4.98 Å². The molecule has 21 heavy (non-hydrogen) atoms. The third-order valence-corrected chi connectivity index (χ3v) is 3.75. The molecule has 2 aromatic carbocycles.